The van der Waals surface area contributed by atoms with Crippen molar-refractivity contribution in [3.63, 3.8) is 0 Å². The van der Waals surface area contributed by atoms with Gasteiger partial charge < -0.3 is 14.8 Å². The third-order valence-corrected chi connectivity index (χ3v) is 4.03. The first-order chi connectivity index (χ1) is 10.2. The third kappa shape index (κ3) is 4.66. The predicted octanol–water partition coefficient (Wildman–Crippen LogP) is 3.09. The Labute approximate surface area is 126 Å². The van der Waals surface area contributed by atoms with E-state index in [-0.39, 0.29) is 5.91 Å². The fourth-order valence-corrected chi connectivity index (χ4v) is 2.88. The van der Waals surface area contributed by atoms with E-state index >= 15 is 0 Å². The zero-order valence-electron chi connectivity index (χ0n) is 13.0. The van der Waals surface area contributed by atoms with Crippen molar-refractivity contribution in [1.29, 1.82) is 0 Å². The first-order valence-corrected chi connectivity index (χ1v) is 7.73. The van der Waals surface area contributed by atoms with Gasteiger partial charge in [0, 0.05) is 6.04 Å². The lowest BCUT2D eigenvalue weighted by Gasteiger charge is -2.16. The molecular formula is C17H25NO3. The summed E-state index contributed by atoms with van der Waals surface area (Å²) in [6, 6.07) is 5.97. The van der Waals surface area contributed by atoms with Gasteiger partial charge in [-0.25, -0.2) is 0 Å². The second-order valence-corrected chi connectivity index (χ2v) is 5.62. The van der Waals surface area contributed by atoms with Crippen LogP contribution in [0.1, 0.15) is 44.1 Å². The minimum absolute atomic E-state index is 0.0918. The van der Waals surface area contributed by atoms with E-state index in [2.05, 4.69) is 5.32 Å². The number of benzene rings is 1. The van der Waals surface area contributed by atoms with Crippen LogP contribution in [0.5, 0.6) is 11.5 Å². The Hall–Kier alpha value is -1.71. The van der Waals surface area contributed by atoms with Crippen LogP contribution in [-0.2, 0) is 11.2 Å². The van der Waals surface area contributed by atoms with E-state index in [1.807, 2.05) is 18.2 Å². The van der Waals surface area contributed by atoms with Crippen LogP contribution in [0.25, 0.3) is 0 Å². The minimum Gasteiger partial charge on any atom is -0.493 e. The number of carbonyl (C=O) groups excluding carboxylic acids is 1. The minimum atomic E-state index is 0.0918. The molecule has 0 saturated heterocycles. The molecule has 1 aromatic rings. The zero-order chi connectivity index (χ0) is 15.1. The van der Waals surface area contributed by atoms with Gasteiger partial charge >= 0.3 is 0 Å². The number of methoxy groups -OCH3 is 2. The summed E-state index contributed by atoms with van der Waals surface area (Å²) in [7, 11) is 3.21. The fourth-order valence-electron chi connectivity index (χ4n) is 2.88. The molecule has 4 nitrogen and oxygen atoms in total. The van der Waals surface area contributed by atoms with Gasteiger partial charge in [0.25, 0.3) is 0 Å². The molecule has 1 N–H and O–H groups in total. The summed E-state index contributed by atoms with van der Waals surface area (Å²) < 4.78 is 10.5. The van der Waals surface area contributed by atoms with E-state index in [1.165, 1.54) is 25.7 Å². The molecule has 21 heavy (non-hydrogen) atoms. The molecule has 0 spiro atoms. The van der Waals surface area contributed by atoms with Crippen molar-refractivity contribution in [3.8, 4) is 11.5 Å². The van der Waals surface area contributed by atoms with Crippen LogP contribution in [0.4, 0.5) is 0 Å². The summed E-state index contributed by atoms with van der Waals surface area (Å²) in [5.74, 6) is 1.44. The van der Waals surface area contributed by atoms with Crippen LogP contribution in [-0.4, -0.2) is 26.2 Å². The van der Waals surface area contributed by atoms with Gasteiger partial charge in [0.2, 0.25) is 5.91 Å². The predicted molar refractivity (Wildman–Crippen MR) is 82.9 cm³/mol. The smallest absolute Gasteiger partial charge is 0.224 e. The Kier molecular flexibility index (Phi) is 5.90. The van der Waals surface area contributed by atoms with Gasteiger partial charge in [-0.1, -0.05) is 31.7 Å². The molecule has 1 aliphatic rings. The molecule has 0 aromatic heterocycles. The first-order valence-electron chi connectivity index (χ1n) is 7.73. The van der Waals surface area contributed by atoms with Gasteiger partial charge in [-0.3, -0.25) is 4.79 Å². The van der Waals surface area contributed by atoms with Crippen LogP contribution in [0.2, 0.25) is 0 Å². The molecule has 4 heteroatoms. The van der Waals surface area contributed by atoms with Crippen LogP contribution in [0.3, 0.4) is 0 Å². The fraction of sp³-hybridized carbons (Fsp3) is 0.588. The number of hydrogen-bond acceptors (Lipinski definition) is 3. The van der Waals surface area contributed by atoms with Crippen molar-refractivity contribution in [3.05, 3.63) is 23.8 Å². The Morgan fingerprint density at radius 1 is 1.10 bits per heavy atom. The van der Waals surface area contributed by atoms with Crippen LogP contribution in [0, 0.1) is 0 Å². The van der Waals surface area contributed by atoms with Crippen molar-refractivity contribution < 1.29 is 14.3 Å². The van der Waals surface area contributed by atoms with Crippen molar-refractivity contribution in [2.75, 3.05) is 14.2 Å². The Morgan fingerprint density at radius 2 is 1.76 bits per heavy atom. The highest BCUT2D eigenvalue weighted by Gasteiger charge is 2.15. The van der Waals surface area contributed by atoms with E-state index in [4.69, 9.17) is 9.47 Å². The lowest BCUT2D eigenvalue weighted by molar-refractivity contribution is -0.121. The maximum absolute atomic E-state index is 12.2. The monoisotopic (exact) mass is 291 g/mol. The highest BCUT2D eigenvalue weighted by atomic mass is 16.5. The van der Waals surface area contributed by atoms with Gasteiger partial charge in [0.1, 0.15) is 0 Å². The Bertz CT molecular complexity index is 465. The number of amides is 1. The summed E-state index contributed by atoms with van der Waals surface area (Å²) in [6.07, 6.45) is 7.64. The van der Waals surface area contributed by atoms with Gasteiger partial charge in [-0.05, 0) is 30.5 Å². The van der Waals surface area contributed by atoms with Crippen molar-refractivity contribution in [2.24, 2.45) is 0 Å². The van der Waals surface area contributed by atoms with Gasteiger partial charge in [-0.2, -0.15) is 0 Å². The lowest BCUT2D eigenvalue weighted by Crippen LogP contribution is -2.35. The normalized spacial score (nSPS) is 16.1. The largest absolute Gasteiger partial charge is 0.493 e. The van der Waals surface area contributed by atoms with Crippen molar-refractivity contribution >= 4 is 5.91 Å². The van der Waals surface area contributed by atoms with E-state index in [9.17, 15) is 4.79 Å². The molecule has 0 unspecified atom stereocenters. The number of ether oxygens (including phenoxy) is 2. The molecule has 0 bridgehead atoms. The second-order valence-electron chi connectivity index (χ2n) is 5.62. The number of hydrogen-bond donors (Lipinski definition) is 1. The Balaban J connectivity index is 1.92. The van der Waals surface area contributed by atoms with E-state index in [0.717, 1.165) is 18.4 Å². The molecule has 1 fully saturated rings. The molecule has 0 aliphatic heterocycles. The average molecular weight is 291 g/mol. The number of nitrogens with one attached hydrogen (secondary N) is 1. The number of carbonyl (C=O) groups is 1. The molecule has 2 rings (SSSR count). The molecule has 1 saturated carbocycles. The first kappa shape index (κ1) is 15.7. The molecule has 116 valence electrons. The van der Waals surface area contributed by atoms with Gasteiger partial charge in [0.05, 0.1) is 20.6 Å². The van der Waals surface area contributed by atoms with Gasteiger partial charge in [-0.15, -0.1) is 0 Å². The third-order valence-electron chi connectivity index (χ3n) is 4.03. The quantitative estimate of drug-likeness (QED) is 0.848. The molecule has 0 heterocycles. The van der Waals surface area contributed by atoms with E-state index < -0.39 is 0 Å². The maximum Gasteiger partial charge on any atom is 0.224 e. The summed E-state index contributed by atoms with van der Waals surface area (Å²) in [5.41, 5.74) is 0.943. The standard InChI is InChI=1S/C17H25NO3/c1-20-15-10-9-13(11-16(15)21-2)12-17(19)18-14-7-5-3-4-6-8-14/h9-11,14H,3-8,12H2,1-2H3,(H,18,19). The lowest BCUT2D eigenvalue weighted by atomic mass is 10.1. The maximum atomic E-state index is 12.2. The van der Waals surface area contributed by atoms with E-state index in [0.29, 0.717) is 24.0 Å². The Morgan fingerprint density at radius 3 is 2.38 bits per heavy atom. The molecule has 1 aromatic carbocycles. The van der Waals surface area contributed by atoms with Crippen molar-refractivity contribution in [2.45, 2.75) is 51.0 Å². The highest BCUT2D eigenvalue weighted by molar-refractivity contribution is 5.79. The summed E-state index contributed by atoms with van der Waals surface area (Å²) >= 11 is 0. The number of rotatable bonds is 5. The second kappa shape index (κ2) is 7.91. The van der Waals surface area contributed by atoms with Crippen molar-refractivity contribution in [1.82, 2.24) is 5.32 Å². The zero-order valence-corrected chi connectivity index (χ0v) is 13.0. The molecule has 1 aliphatic carbocycles. The van der Waals surface area contributed by atoms with Gasteiger partial charge in [0.15, 0.2) is 11.5 Å². The molecular weight excluding hydrogens is 266 g/mol. The average Bonchev–Trinajstić information content (AvgIpc) is 2.75. The molecule has 0 radical (unpaired) electrons. The van der Waals surface area contributed by atoms with E-state index in [1.54, 1.807) is 14.2 Å². The highest BCUT2D eigenvalue weighted by Crippen LogP contribution is 2.27. The topological polar surface area (TPSA) is 47.6 Å². The summed E-state index contributed by atoms with van der Waals surface area (Å²) in [6.45, 7) is 0. The van der Waals surface area contributed by atoms with Crippen LogP contribution < -0.4 is 14.8 Å². The summed E-state index contributed by atoms with van der Waals surface area (Å²) in [5, 5.41) is 3.16. The SMILES string of the molecule is COc1ccc(CC(=O)NC2CCCCCC2)cc1OC. The molecule has 0 atom stereocenters. The van der Waals surface area contributed by atoms with Crippen LogP contribution in [0.15, 0.2) is 18.2 Å². The summed E-state index contributed by atoms with van der Waals surface area (Å²) in [4.78, 5) is 12.2. The molecule has 1 amide bonds. The van der Waals surface area contributed by atoms with Crippen LogP contribution >= 0.6 is 0 Å².